The lowest BCUT2D eigenvalue weighted by molar-refractivity contribution is 0.0987. The number of ketones is 1. The van der Waals surface area contributed by atoms with Gasteiger partial charge in [-0.25, -0.2) is 0 Å². The summed E-state index contributed by atoms with van der Waals surface area (Å²) in [7, 11) is 0. The van der Waals surface area contributed by atoms with Crippen LogP contribution in [0.4, 0.5) is 0 Å². The minimum atomic E-state index is 0.184. The summed E-state index contributed by atoms with van der Waals surface area (Å²) in [5, 5.41) is 3.16. The van der Waals surface area contributed by atoms with Gasteiger partial charge >= 0.3 is 0 Å². The van der Waals surface area contributed by atoms with E-state index in [0.29, 0.717) is 12.6 Å². The van der Waals surface area contributed by atoms with Crippen LogP contribution >= 0.6 is 0 Å². The lowest BCUT2D eigenvalue weighted by Crippen LogP contribution is -2.29. The van der Waals surface area contributed by atoms with Gasteiger partial charge in [0.1, 0.15) is 0 Å². The summed E-state index contributed by atoms with van der Waals surface area (Å²) >= 11 is 0. The van der Waals surface area contributed by atoms with E-state index in [0.717, 1.165) is 16.7 Å². The Kier molecular flexibility index (Phi) is 4.25. The summed E-state index contributed by atoms with van der Waals surface area (Å²) in [6.45, 7) is 10.6. The maximum absolute atomic E-state index is 12.0. The minimum Gasteiger partial charge on any atom is -0.307 e. The number of hydrogen-bond acceptors (Lipinski definition) is 2. The maximum Gasteiger partial charge on any atom is 0.177 e. The molecule has 1 rings (SSSR count). The highest BCUT2D eigenvalue weighted by Crippen LogP contribution is 2.16. The molecule has 1 aromatic carbocycles. The molecule has 0 saturated heterocycles. The van der Waals surface area contributed by atoms with E-state index in [4.69, 9.17) is 0 Å². The van der Waals surface area contributed by atoms with E-state index in [1.807, 2.05) is 27.7 Å². The Morgan fingerprint density at radius 3 is 2.12 bits per heavy atom. The molecule has 0 unspecified atom stereocenters. The largest absolute Gasteiger partial charge is 0.307 e. The van der Waals surface area contributed by atoms with Gasteiger partial charge < -0.3 is 5.32 Å². The van der Waals surface area contributed by atoms with Crippen LogP contribution in [0.5, 0.6) is 0 Å². The average molecular weight is 219 g/mol. The summed E-state index contributed by atoms with van der Waals surface area (Å²) in [5.74, 6) is 0.184. The summed E-state index contributed by atoms with van der Waals surface area (Å²) in [6, 6.07) is 4.47. The number of carbonyl (C=O) groups is 1. The molecule has 0 bridgehead atoms. The molecule has 0 aliphatic heterocycles. The highest BCUT2D eigenvalue weighted by Gasteiger charge is 2.12. The Morgan fingerprint density at radius 2 is 1.69 bits per heavy atom. The molecule has 0 atom stereocenters. The summed E-state index contributed by atoms with van der Waals surface area (Å²) < 4.78 is 0. The molecule has 16 heavy (non-hydrogen) atoms. The highest BCUT2D eigenvalue weighted by atomic mass is 16.1. The molecular formula is C14H21NO. The molecule has 1 aromatic rings. The van der Waals surface area contributed by atoms with Crippen LogP contribution < -0.4 is 5.32 Å². The number of hydrogen-bond donors (Lipinski definition) is 1. The summed E-state index contributed by atoms with van der Waals surface area (Å²) in [4.78, 5) is 12.0. The predicted octanol–water partition coefficient (Wildman–Crippen LogP) is 2.79. The van der Waals surface area contributed by atoms with Gasteiger partial charge in [-0.2, -0.15) is 0 Å². The zero-order valence-corrected chi connectivity index (χ0v) is 10.8. The van der Waals surface area contributed by atoms with Gasteiger partial charge in [0, 0.05) is 11.6 Å². The van der Waals surface area contributed by atoms with Crippen LogP contribution in [-0.2, 0) is 0 Å². The smallest absolute Gasteiger partial charge is 0.177 e. The molecule has 0 aliphatic rings. The van der Waals surface area contributed by atoms with E-state index in [9.17, 15) is 4.79 Å². The molecule has 88 valence electrons. The number of nitrogens with one attached hydrogen (secondary N) is 1. The molecule has 0 amide bonds. The van der Waals surface area contributed by atoms with Gasteiger partial charge in [-0.1, -0.05) is 31.5 Å². The normalized spacial score (nSPS) is 10.9. The van der Waals surface area contributed by atoms with Crippen molar-refractivity contribution < 1.29 is 4.79 Å². The van der Waals surface area contributed by atoms with Crippen molar-refractivity contribution in [1.29, 1.82) is 0 Å². The Labute approximate surface area is 98.1 Å². The third-order valence-electron chi connectivity index (χ3n) is 2.63. The van der Waals surface area contributed by atoms with E-state index in [1.165, 1.54) is 5.56 Å². The summed E-state index contributed by atoms with van der Waals surface area (Å²) in [5.41, 5.74) is 4.24. The first-order valence-electron chi connectivity index (χ1n) is 5.76. The molecule has 0 saturated carbocycles. The lowest BCUT2D eigenvalue weighted by Gasteiger charge is -2.12. The number of aryl methyl sites for hydroxylation is 3. The first kappa shape index (κ1) is 12.9. The molecule has 0 spiro atoms. The van der Waals surface area contributed by atoms with Gasteiger partial charge in [0.25, 0.3) is 0 Å². The molecule has 0 aromatic heterocycles. The van der Waals surface area contributed by atoms with Crippen LogP contribution in [0, 0.1) is 20.8 Å². The molecule has 0 aliphatic carbocycles. The van der Waals surface area contributed by atoms with Crippen LogP contribution in [-0.4, -0.2) is 18.4 Å². The molecule has 0 radical (unpaired) electrons. The van der Waals surface area contributed by atoms with Crippen LogP contribution in [0.2, 0.25) is 0 Å². The molecule has 1 N–H and O–H groups in total. The van der Waals surface area contributed by atoms with Crippen molar-refractivity contribution in [2.75, 3.05) is 6.54 Å². The van der Waals surface area contributed by atoms with Gasteiger partial charge in [-0.15, -0.1) is 0 Å². The van der Waals surface area contributed by atoms with E-state index in [2.05, 4.69) is 24.4 Å². The predicted molar refractivity (Wildman–Crippen MR) is 68.1 cm³/mol. The Bertz CT molecular complexity index is 371. The van der Waals surface area contributed by atoms with Gasteiger partial charge in [0.2, 0.25) is 0 Å². The first-order valence-corrected chi connectivity index (χ1v) is 5.76. The average Bonchev–Trinajstić information content (AvgIpc) is 2.12. The zero-order valence-electron chi connectivity index (χ0n) is 10.8. The molecule has 0 heterocycles. The van der Waals surface area contributed by atoms with Crippen molar-refractivity contribution in [3.63, 3.8) is 0 Å². The van der Waals surface area contributed by atoms with Crippen LogP contribution in [0.25, 0.3) is 0 Å². The number of benzene rings is 1. The van der Waals surface area contributed by atoms with Crippen LogP contribution in [0.3, 0.4) is 0 Å². The Morgan fingerprint density at radius 1 is 1.19 bits per heavy atom. The minimum absolute atomic E-state index is 0.184. The van der Waals surface area contributed by atoms with Crippen molar-refractivity contribution in [1.82, 2.24) is 5.32 Å². The highest BCUT2D eigenvalue weighted by molar-refractivity contribution is 6.00. The third-order valence-corrected chi connectivity index (χ3v) is 2.63. The number of rotatable bonds is 4. The van der Waals surface area contributed by atoms with Crippen molar-refractivity contribution >= 4 is 5.78 Å². The third kappa shape index (κ3) is 3.17. The monoisotopic (exact) mass is 219 g/mol. The topological polar surface area (TPSA) is 29.1 Å². The fourth-order valence-corrected chi connectivity index (χ4v) is 2.01. The second kappa shape index (κ2) is 5.26. The zero-order chi connectivity index (χ0) is 12.3. The van der Waals surface area contributed by atoms with Crippen molar-refractivity contribution in [3.05, 3.63) is 34.4 Å². The molecular weight excluding hydrogens is 198 g/mol. The van der Waals surface area contributed by atoms with E-state index in [1.54, 1.807) is 0 Å². The Hall–Kier alpha value is -1.15. The molecule has 2 heteroatoms. The Balaban J connectivity index is 2.91. The fourth-order valence-electron chi connectivity index (χ4n) is 2.01. The van der Waals surface area contributed by atoms with Gasteiger partial charge in [-0.3, -0.25) is 4.79 Å². The number of Topliss-reactive ketones (excluding diaryl/α,β-unsaturated/α-hetero) is 1. The molecule has 0 fully saturated rings. The SMILES string of the molecule is Cc1cc(C)c(C(=O)CNC(C)C)c(C)c1. The lowest BCUT2D eigenvalue weighted by atomic mass is 9.96. The summed E-state index contributed by atoms with van der Waals surface area (Å²) in [6.07, 6.45) is 0. The molecule has 2 nitrogen and oxygen atoms in total. The number of carbonyl (C=O) groups excluding carboxylic acids is 1. The van der Waals surface area contributed by atoms with Gasteiger partial charge in [0.05, 0.1) is 6.54 Å². The van der Waals surface area contributed by atoms with Crippen molar-refractivity contribution in [3.8, 4) is 0 Å². The van der Waals surface area contributed by atoms with E-state index >= 15 is 0 Å². The first-order chi connectivity index (χ1) is 7.41. The fraction of sp³-hybridized carbons (Fsp3) is 0.500. The van der Waals surface area contributed by atoms with Crippen LogP contribution in [0.15, 0.2) is 12.1 Å². The van der Waals surface area contributed by atoms with Gasteiger partial charge in [0.15, 0.2) is 5.78 Å². The van der Waals surface area contributed by atoms with Gasteiger partial charge in [-0.05, 0) is 31.9 Å². The van der Waals surface area contributed by atoms with E-state index < -0.39 is 0 Å². The van der Waals surface area contributed by atoms with E-state index in [-0.39, 0.29) is 5.78 Å². The second-order valence-electron chi connectivity index (χ2n) is 4.73. The maximum atomic E-state index is 12.0. The van der Waals surface area contributed by atoms with Crippen molar-refractivity contribution in [2.24, 2.45) is 0 Å². The quantitative estimate of drug-likeness (QED) is 0.789. The van der Waals surface area contributed by atoms with Crippen LogP contribution in [0.1, 0.15) is 40.9 Å². The standard InChI is InChI=1S/C14H21NO/c1-9(2)15-8-13(16)14-11(4)6-10(3)7-12(14)5/h6-7,9,15H,8H2,1-5H3. The van der Waals surface area contributed by atoms with Crippen molar-refractivity contribution in [2.45, 2.75) is 40.7 Å². The second-order valence-corrected chi connectivity index (χ2v) is 4.73.